The molecule has 23 heavy (non-hydrogen) atoms. The maximum absolute atomic E-state index is 12.4. The molecule has 1 aliphatic rings. The third-order valence-corrected chi connectivity index (χ3v) is 4.92. The van der Waals surface area contributed by atoms with Crippen LogP contribution in [0.25, 0.3) is 0 Å². The summed E-state index contributed by atoms with van der Waals surface area (Å²) in [7, 11) is 0. The normalized spacial score (nSPS) is 20.0. The first-order valence-electron chi connectivity index (χ1n) is 6.70. The van der Waals surface area contributed by atoms with Crippen molar-refractivity contribution in [1.82, 2.24) is 4.98 Å². The Labute approximate surface area is 152 Å². The third kappa shape index (κ3) is 5.21. The minimum absolute atomic E-state index is 0.0387. The predicted octanol–water partition coefficient (Wildman–Crippen LogP) is 4.09. The third-order valence-electron chi connectivity index (χ3n) is 3.28. The Bertz CT molecular complexity index is 627. The van der Waals surface area contributed by atoms with Gasteiger partial charge in [0, 0.05) is 11.6 Å². The SMILES string of the molecule is O=C(Nc1nccs1)[C@@H]1CC=CC[C@H]1C(=O)OCC(Cl)=C(Cl)Cl. The molecule has 2 atom stereocenters. The molecule has 124 valence electrons. The van der Waals surface area contributed by atoms with E-state index in [9.17, 15) is 9.59 Å². The fourth-order valence-electron chi connectivity index (χ4n) is 2.14. The van der Waals surface area contributed by atoms with Crippen molar-refractivity contribution >= 4 is 63.1 Å². The molecule has 1 heterocycles. The van der Waals surface area contributed by atoms with Gasteiger partial charge in [-0.25, -0.2) is 4.98 Å². The number of halogens is 3. The molecule has 0 bridgehead atoms. The summed E-state index contributed by atoms with van der Waals surface area (Å²) in [5, 5.41) is 5.00. The molecule has 1 N–H and O–H groups in total. The topological polar surface area (TPSA) is 68.3 Å². The van der Waals surface area contributed by atoms with Crippen LogP contribution in [0, 0.1) is 11.8 Å². The number of ether oxygens (including phenoxy) is 1. The summed E-state index contributed by atoms with van der Waals surface area (Å²) in [5.74, 6) is -1.88. The molecule has 1 aromatic rings. The molecular formula is C14H13Cl3N2O3S. The molecule has 0 saturated heterocycles. The summed E-state index contributed by atoms with van der Waals surface area (Å²) in [6.07, 6.45) is 6.20. The Kier molecular flexibility index (Phi) is 6.89. The summed E-state index contributed by atoms with van der Waals surface area (Å²) < 4.78 is 4.94. The van der Waals surface area contributed by atoms with Crippen LogP contribution in [0.5, 0.6) is 0 Å². The second kappa shape index (κ2) is 8.68. The molecule has 1 aromatic heterocycles. The van der Waals surface area contributed by atoms with Crippen molar-refractivity contribution in [1.29, 1.82) is 0 Å². The lowest BCUT2D eigenvalue weighted by molar-refractivity contribution is -0.151. The van der Waals surface area contributed by atoms with E-state index in [2.05, 4.69) is 10.3 Å². The Balaban J connectivity index is 2.00. The molecule has 0 aromatic carbocycles. The number of esters is 1. The average molecular weight is 396 g/mol. The maximum Gasteiger partial charge on any atom is 0.310 e. The zero-order valence-electron chi connectivity index (χ0n) is 11.8. The lowest BCUT2D eigenvalue weighted by Gasteiger charge is -2.25. The van der Waals surface area contributed by atoms with E-state index >= 15 is 0 Å². The van der Waals surface area contributed by atoms with Crippen LogP contribution in [0.3, 0.4) is 0 Å². The highest BCUT2D eigenvalue weighted by molar-refractivity contribution is 7.13. The van der Waals surface area contributed by atoms with Gasteiger partial charge < -0.3 is 10.1 Å². The van der Waals surface area contributed by atoms with Crippen LogP contribution in [0.2, 0.25) is 0 Å². The van der Waals surface area contributed by atoms with E-state index in [0.29, 0.717) is 18.0 Å². The number of nitrogens with one attached hydrogen (secondary N) is 1. The quantitative estimate of drug-likeness (QED) is 0.602. The molecule has 2 rings (SSSR count). The second-order valence-electron chi connectivity index (χ2n) is 4.76. The van der Waals surface area contributed by atoms with Gasteiger partial charge in [0.2, 0.25) is 5.91 Å². The van der Waals surface area contributed by atoms with Gasteiger partial charge in [0.25, 0.3) is 0 Å². The van der Waals surface area contributed by atoms with Crippen molar-refractivity contribution in [3.63, 3.8) is 0 Å². The lowest BCUT2D eigenvalue weighted by Crippen LogP contribution is -2.35. The molecule has 1 aliphatic carbocycles. The van der Waals surface area contributed by atoms with Crippen LogP contribution < -0.4 is 5.32 Å². The minimum atomic E-state index is -0.585. The van der Waals surface area contributed by atoms with E-state index in [4.69, 9.17) is 39.5 Å². The first-order valence-corrected chi connectivity index (χ1v) is 8.72. The number of rotatable bonds is 5. The van der Waals surface area contributed by atoms with Crippen LogP contribution in [-0.2, 0) is 14.3 Å². The van der Waals surface area contributed by atoms with Crippen LogP contribution in [0.1, 0.15) is 12.8 Å². The van der Waals surface area contributed by atoms with Crippen molar-refractivity contribution < 1.29 is 14.3 Å². The van der Waals surface area contributed by atoms with E-state index in [1.807, 2.05) is 12.2 Å². The van der Waals surface area contributed by atoms with Crippen molar-refractivity contribution in [3.05, 3.63) is 33.3 Å². The van der Waals surface area contributed by atoms with Crippen molar-refractivity contribution in [3.8, 4) is 0 Å². The van der Waals surface area contributed by atoms with Gasteiger partial charge in [-0.05, 0) is 12.8 Å². The summed E-state index contributed by atoms with van der Waals surface area (Å²) in [6, 6.07) is 0. The standard InChI is InChI=1S/C14H13Cl3N2O3S/c15-10(11(16)17)7-22-13(21)9-4-2-1-3-8(9)12(20)19-14-18-5-6-23-14/h1-2,5-6,8-9H,3-4,7H2,(H,18,19,20)/t8-,9-/m1/s1. The Morgan fingerprint density at radius 3 is 2.57 bits per heavy atom. The summed E-state index contributed by atoms with van der Waals surface area (Å²) in [6.45, 7) is -0.218. The highest BCUT2D eigenvalue weighted by Crippen LogP contribution is 2.29. The first kappa shape index (κ1) is 18.3. The van der Waals surface area contributed by atoms with Gasteiger partial charge in [-0.3, -0.25) is 9.59 Å². The van der Waals surface area contributed by atoms with Gasteiger partial charge in [-0.1, -0.05) is 47.0 Å². The molecule has 1 amide bonds. The molecular weight excluding hydrogens is 383 g/mol. The van der Waals surface area contributed by atoms with Crippen LogP contribution in [0.15, 0.2) is 33.3 Å². The van der Waals surface area contributed by atoms with E-state index in [0.717, 1.165) is 0 Å². The Morgan fingerprint density at radius 1 is 1.26 bits per heavy atom. The summed E-state index contributed by atoms with van der Waals surface area (Å²) in [4.78, 5) is 28.6. The lowest BCUT2D eigenvalue weighted by atomic mass is 9.82. The average Bonchev–Trinajstić information content (AvgIpc) is 3.05. The molecule has 0 aliphatic heterocycles. The summed E-state index contributed by atoms with van der Waals surface area (Å²) in [5.41, 5.74) is 0. The van der Waals surface area contributed by atoms with E-state index in [-0.39, 0.29) is 22.0 Å². The number of thiazole rings is 1. The van der Waals surface area contributed by atoms with Crippen LogP contribution in [-0.4, -0.2) is 23.5 Å². The van der Waals surface area contributed by atoms with E-state index in [1.165, 1.54) is 11.3 Å². The second-order valence-corrected chi connectivity index (χ2v) is 7.06. The number of aromatic nitrogens is 1. The molecule has 0 radical (unpaired) electrons. The highest BCUT2D eigenvalue weighted by atomic mass is 35.5. The smallest absolute Gasteiger partial charge is 0.310 e. The van der Waals surface area contributed by atoms with Gasteiger partial charge in [-0.2, -0.15) is 0 Å². The van der Waals surface area contributed by atoms with Crippen LogP contribution in [0.4, 0.5) is 5.13 Å². The van der Waals surface area contributed by atoms with Crippen molar-refractivity contribution in [2.45, 2.75) is 12.8 Å². The Morgan fingerprint density at radius 2 is 1.96 bits per heavy atom. The zero-order chi connectivity index (χ0) is 16.8. The molecule has 0 spiro atoms. The van der Waals surface area contributed by atoms with E-state index in [1.54, 1.807) is 11.6 Å². The fourth-order valence-corrected chi connectivity index (χ4v) is 2.84. The number of carbonyl (C=O) groups excluding carboxylic acids is 2. The number of nitrogens with zero attached hydrogens (tertiary/aromatic N) is 1. The van der Waals surface area contributed by atoms with Gasteiger partial charge in [-0.15, -0.1) is 11.3 Å². The highest BCUT2D eigenvalue weighted by Gasteiger charge is 2.35. The number of anilines is 1. The number of allylic oxidation sites excluding steroid dienone is 2. The van der Waals surface area contributed by atoms with Gasteiger partial charge in [0.1, 0.15) is 11.1 Å². The largest absolute Gasteiger partial charge is 0.460 e. The minimum Gasteiger partial charge on any atom is -0.460 e. The van der Waals surface area contributed by atoms with Crippen LogP contribution >= 0.6 is 46.1 Å². The van der Waals surface area contributed by atoms with E-state index < -0.39 is 17.8 Å². The van der Waals surface area contributed by atoms with Gasteiger partial charge in [0.15, 0.2) is 5.13 Å². The van der Waals surface area contributed by atoms with Crippen molar-refractivity contribution in [2.24, 2.45) is 11.8 Å². The molecule has 0 fully saturated rings. The van der Waals surface area contributed by atoms with Gasteiger partial charge in [0.05, 0.1) is 16.9 Å². The molecule has 9 heteroatoms. The molecule has 0 saturated carbocycles. The number of carbonyl (C=O) groups is 2. The maximum atomic E-state index is 12.4. The van der Waals surface area contributed by atoms with Crippen molar-refractivity contribution in [2.75, 3.05) is 11.9 Å². The zero-order valence-corrected chi connectivity index (χ0v) is 14.9. The predicted molar refractivity (Wildman–Crippen MR) is 91.6 cm³/mol. The summed E-state index contributed by atoms with van der Waals surface area (Å²) >= 11 is 18.0. The first-order chi connectivity index (χ1) is 11.0. The monoisotopic (exact) mass is 394 g/mol. The fraction of sp³-hybridized carbons (Fsp3) is 0.357. The Hall–Kier alpha value is -1.08. The number of hydrogen-bond acceptors (Lipinski definition) is 5. The molecule has 0 unspecified atom stereocenters. The number of amides is 1. The van der Waals surface area contributed by atoms with Gasteiger partial charge >= 0.3 is 5.97 Å². The number of hydrogen-bond donors (Lipinski definition) is 1. The molecule has 5 nitrogen and oxygen atoms in total.